The fraction of sp³-hybridized carbons (Fsp3) is 0. The zero-order valence-electron chi connectivity index (χ0n) is 9.54. The first kappa shape index (κ1) is 11.7. The van der Waals surface area contributed by atoms with Gasteiger partial charge in [0.2, 0.25) is 0 Å². The van der Waals surface area contributed by atoms with Crippen LogP contribution in [0.2, 0.25) is 5.15 Å². The predicted molar refractivity (Wildman–Crippen MR) is 66.8 cm³/mol. The SMILES string of the molecule is O=C1c2ccccc2C(=O)N1Oc1ccnc(Cl)c1. The van der Waals surface area contributed by atoms with Crippen LogP contribution in [0.5, 0.6) is 5.75 Å². The van der Waals surface area contributed by atoms with E-state index in [9.17, 15) is 9.59 Å². The number of hydrogen-bond acceptors (Lipinski definition) is 4. The van der Waals surface area contributed by atoms with Gasteiger partial charge in [0.05, 0.1) is 11.1 Å². The summed E-state index contributed by atoms with van der Waals surface area (Å²) < 4.78 is 0. The Hall–Kier alpha value is -2.40. The maximum atomic E-state index is 12.0. The van der Waals surface area contributed by atoms with Gasteiger partial charge in [-0.3, -0.25) is 9.59 Å². The molecule has 0 saturated heterocycles. The van der Waals surface area contributed by atoms with Crippen LogP contribution in [-0.2, 0) is 0 Å². The number of pyridine rings is 1. The highest BCUT2D eigenvalue weighted by atomic mass is 35.5. The maximum absolute atomic E-state index is 12.0. The number of benzene rings is 1. The molecule has 0 N–H and O–H groups in total. The Morgan fingerprint density at radius 3 is 2.26 bits per heavy atom. The average Bonchev–Trinajstić information content (AvgIpc) is 2.65. The van der Waals surface area contributed by atoms with E-state index in [1.807, 2.05) is 0 Å². The number of carbonyl (C=O) groups is 2. The Morgan fingerprint density at radius 1 is 1.05 bits per heavy atom. The van der Waals surface area contributed by atoms with Crippen LogP contribution in [0.25, 0.3) is 0 Å². The quantitative estimate of drug-likeness (QED) is 0.623. The van der Waals surface area contributed by atoms with Gasteiger partial charge >= 0.3 is 0 Å². The first-order valence-corrected chi connectivity index (χ1v) is 5.82. The van der Waals surface area contributed by atoms with Crippen LogP contribution < -0.4 is 4.84 Å². The fourth-order valence-corrected chi connectivity index (χ4v) is 1.96. The standard InChI is InChI=1S/C13H7ClN2O3/c14-11-7-8(5-6-15-11)19-16-12(17)9-3-1-2-4-10(9)13(16)18/h1-7H. The van der Waals surface area contributed by atoms with Crippen LogP contribution >= 0.6 is 11.6 Å². The number of carbonyl (C=O) groups excluding carboxylic acids is 2. The zero-order chi connectivity index (χ0) is 13.4. The molecule has 0 radical (unpaired) electrons. The van der Waals surface area contributed by atoms with E-state index in [-0.39, 0.29) is 10.9 Å². The molecule has 3 rings (SSSR count). The number of hydroxylamine groups is 2. The van der Waals surface area contributed by atoms with E-state index in [1.54, 1.807) is 24.3 Å². The second kappa shape index (κ2) is 4.37. The van der Waals surface area contributed by atoms with Crippen molar-refractivity contribution in [2.45, 2.75) is 0 Å². The molecule has 1 aliphatic heterocycles. The predicted octanol–water partition coefficient (Wildman–Crippen LogP) is 2.33. The number of imide groups is 1. The summed E-state index contributed by atoms with van der Waals surface area (Å²) in [6.45, 7) is 0. The molecule has 6 heteroatoms. The highest BCUT2D eigenvalue weighted by Gasteiger charge is 2.37. The van der Waals surface area contributed by atoms with Gasteiger partial charge in [-0.1, -0.05) is 28.8 Å². The molecular formula is C13H7ClN2O3. The van der Waals surface area contributed by atoms with Crippen molar-refractivity contribution in [2.24, 2.45) is 0 Å². The monoisotopic (exact) mass is 274 g/mol. The summed E-state index contributed by atoms with van der Waals surface area (Å²) in [5.74, 6) is -0.712. The number of halogens is 1. The van der Waals surface area contributed by atoms with Gasteiger partial charge in [-0.05, 0) is 12.1 Å². The molecule has 0 spiro atoms. The summed E-state index contributed by atoms with van der Waals surface area (Å²) in [5.41, 5.74) is 0.653. The summed E-state index contributed by atoms with van der Waals surface area (Å²) in [6, 6.07) is 9.48. The van der Waals surface area contributed by atoms with E-state index in [1.165, 1.54) is 18.3 Å². The van der Waals surface area contributed by atoms with Crippen molar-refractivity contribution < 1.29 is 14.4 Å². The van der Waals surface area contributed by atoms with Gasteiger partial charge in [0, 0.05) is 18.3 Å². The van der Waals surface area contributed by atoms with Crippen LogP contribution in [0.3, 0.4) is 0 Å². The van der Waals surface area contributed by atoms with Crippen LogP contribution in [0.1, 0.15) is 20.7 Å². The smallest absolute Gasteiger partial charge is 0.295 e. The fourth-order valence-electron chi connectivity index (χ4n) is 1.80. The minimum absolute atomic E-state index is 0.217. The van der Waals surface area contributed by atoms with Gasteiger partial charge in [0.15, 0.2) is 5.75 Å². The van der Waals surface area contributed by atoms with Gasteiger partial charge < -0.3 is 4.84 Å². The first-order chi connectivity index (χ1) is 9.16. The lowest BCUT2D eigenvalue weighted by Crippen LogP contribution is -2.33. The molecule has 0 aliphatic carbocycles. The van der Waals surface area contributed by atoms with Crippen molar-refractivity contribution in [3.05, 3.63) is 58.9 Å². The van der Waals surface area contributed by atoms with E-state index in [2.05, 4.69) is 4.98 Å². The van der Waals surface area contributed by atoms with Crippen LogP contribution in [0.4, 0.5) is 0 Å². The van der Waals surface area contributed by atoms with Crippen LogP contribution in [0.15, 0.2) is 42.6 Å². The van der Waals surface area contributed by atoms with Gasteiger partial charge in [-0.25, -0.2) is 4.98 Å². The molecule has 2 heterocycles. The summed E-state index contributed by atoms with van der Waals surface area (Å²) in [7, 11) is 0. The van der Waals surface area contributed by atoms with Crippen molar-refractivity contribution >= 4 is 23.4 Å². The number of amides is 2. The molecule has 2 amide bonds. The van der Waals surface area contributed by atoms with Crippen molar-refractivity contribution in [3.63, 3.8) is 0 Å². The lowest BCUT2D eigenvalue weighted by Gasteiger charge is -2.13. The minimum Gasteiger partial charge on any atom is -0.368 e. The number of rotatable bonds is 2. The van der Waals surface area contributed by atoms with E-state index >= 15 is 0 Å². The lowest BCUT2D eigenvalue weighted by molar-refractivity contribution is -0.0141. The lowest BCUT2D eigenvalue weighted by atomic mass is 10.1. The number of hydrogen-bond donors (Lipinski definition) is 0. The van der Waals surface area contributed by atoms with E-state index < -0.39 is 11.8 Å². The Labute approximate surface area is 113 Å². The van der Waals surface area contributed by atoms with Gasteiger partial charge in [0.1, 0.15) is 5.15 Å². The third-order valence-electron chi connectivity index (χ3n) is 2.65. The largest absolute Gasteiger partial charge is 0.368 e. The van der Waals surface area contributed by atoms with Crippen molar-refractivity contribution in [1.29, 1.82) is 0 Å². The van der Waals surface area contributed by atoms with Crippen molar-refractivity contribution in [3.8, 4) is 5.75 Å². The molecule has 94 valence electrons. The molecule has 0 saturated carbocycles. The Bertz CT molecular complexity index is 652. The summed E-state index contributed by atoms with van der Waals surface area (Å²) in [5, 5.41) is 0.935. The van der Waals surface area contributed by atoms with E-state index in [4.69, 9.17) is 16.4 Å². The number of fused-ring (bicyclic) bond motifs is 1. The van der Waals surface area contributed by atoms with Crippen LogP contribution in [0, 0.1) is 0 Å². The highest BCUT2D eigenvalue weighted by molar-refractivity contribution is 6.29. The average molecular weight is 275 g/mol. The Kier molecular flexibility index (Phi) is 2.68. The normalized spacial score (nSPS) is 13.6. The molecule has 1 aromatic carbocycles. The molecule has 19 heavy (non-hydrogen) atoms. The highest BCUT2D eigenvalue weighted by Crippen LogP contribution is 2.25. The minimum atomic E-state index is -0.492. The summed E-state index contributed by atoms with van der Waals surface area (Å²) in [4.78, 5) is 33.1. The maximum Gasteiger partial charge on any atom is 0.295 e. The number of nitrogens with zero attached hydrogens (tertiary/aromatic N) is 2. The van der Waals surface area contributed by atoms with Gasteiger partial charge in [0.25, 0.3) is 11.8 Å². The van der Waals surface area contributed by atoms with Crippen molar-refractivity contribution in [1.82, 2.24) is 10.0 Å². The van der Waals surface area contributed by atoms with E-state index in [0.29, 0.717) is 11.1 Å². The molecule has 1 aliphatic rings. The zero-order valence-corrected chi connectivity index (χ0v) is 10.3. The third kappa shape index (κ3) is 1.94. The Balaban J connectivity index is 1.92. The molecule has 0 fully saturated rings. The van der Waals surface area contributed by atoms with Crippen LogP contribution in [-0.4, -0.2) is 21.9 Å². The topological polar surface area (TPSA) is 59.5 Å². The molecule has 2 aromatic rings. The second-order valence-electron chi connectivity index (χ2n) is 3.86. The first-order valence-electron chi connectivity index (χ1n) is 5.44. The Morgan fingerprint density at radius 2 is 1.68 bits per heavy atom. The van der Waals surface area contributed by atoms with Gasteiger partial charge in [-0.2, -0.15) is 0 Å². The molecule has 1 aromatic heterocycles. The van der Waals surface area contributed by atoms with Crippen molar-refractivity contribution in [2.75, 3.05) is 0 Å². The molecule has 0 atom stereocenters. The summed E-state index contributed by atoms with van der Waals surface area (Å²) >= 11 is 5.71. The summed E-state index contributed by atoms with van der Waals surface area (Å²) in [6.07, 6.45) is 1.43. The third-order valence-corrected chi connectivity index (χ3v) is 2.86. The molecule has 5 nitrogen and oxygen atoms in total. The van der Waals surface area contributed by atoms with E-state index in [0.717, 1.165) is 5.06 Å². The molecule has 0 unspecified atom stereocenters. The second-order valence-corrected chi connectivity index (χ2v) is 4.24. The molecular weight excluding hydrogens is 268 g/mol. The number of aromatic nitrogens is 1. The molecule has 0 bridgehead atoms. The van der Waals surface area contributed by atoms with Gasteiger partial charge in [-0.15, -0.1) is 0 Å².